The summed E-state index contributed by atoms with van der Waals surface area (Å²) in [5.41, 5.74) is -1.17. The fourth-order valence-electron chi connectivity index (χ4n) is 4.25. The molecule has 5 unspecified atom stereocenters. The number of hydrogen-bond donors (Lipinski definition) is 0. The van der Waals surface area contributed by atoms with Crippen molar-refractivity contribution in [3.8, 4) is 11.8 Å². The van der Waals surface area contributed by atoms with Crippen LogP contribution in [-0.2, 0) is 28.5 Å². The van der Waals surface area contributed by atoms with Crippen LogP contribution >= 0.6 is 0 Å². The average Bonchev–Trinajstić information content (AvgIpc) is 3.42. The average molecular weight is 409 g/mol. The van der Waals surface area contributed by atoms with E-state index in [1.54, 1.807) is 18.7 Å². The Morgan fingerprint density at radius 2 is 1.72 bits per heavy atom. The molecule has 3 fully saturated rings. The maximum atomic E-state index is 13.0. The Morgan fingerprint density at radius 1 is 1.14 bits per heavy atom. The third-order valence-corrected chi connectivity index (χ3v) is 6.19. The van der Waals surface area contributed by atoms with Crippen LogP contribution in [0.15, 0.2) is 0 Å². The lowest BCUT2D eigenvalue weighted by atomic mass is 9.81. The van der Waals surface area contributed by atoms with Gasteiger partial charge >= 0.3 is 6.09 Å². The van der Waals surface area contributed by atoms with Crippen molar-refractivity contribution >= 4 is 12.4 Å². The lowest BCUT2D eigenvalue weighted by Gasteiger charge is -2.57. The Kier molecular flexibility index (Phi) is 5.50. The van der Waals surface area contributed by atoms with Gasteiger partial charge in [0.2, 0.25) is 11.6 Å². The second-order valence-electron chi connectivity index (χ2n) is 9.12. The molecule has 3 rings (SSSR count). The third kappa shape index (κ3) is 3.66. The van der Waals surface area contributed by atoms with Crippen molar-refractivity contribution in [1.82, 2.24) is 4.90 Å². The summed E-state index contributed by atoms with van der Waals surface area (Å²) in [6.45, 7) is 9.24. The quantitative estimate of drug-likeness (QED) is 0.510. The van der Waals surface area contributed by atoms with Crippen molar-refractivity contribution in [3.05, 3.63) is 0 Å². The van der Waals surface area contributed by atoms with Gasteiger partial charge in [-0.25, -0.2) is 4.79 Å². The summed E-state index contributed by atoms with van der Waals surface area (Å²) in [6.07, 6.45) is 0.624. The van der Waals surface area contributed by atoms with Gasteiger partial charge < -0.3 is 23.7 Å². The summed E-state index contributed by atoms with van der Waals surface area (Å²) in [6, 6.07) is 0. The van der Waals surface area contributed by atoms with E-state index < -0.39 is 46.9 Å². The van der Waals surface area contributed by atoms with Gasteiger partial charge in [-0.15, -0.1) is 0 Å². The second kappa shape index (κ2) is 7.24. The number of carbonyl (C=O) groups excluding carboxylic acids is 2. The molecular weight excluding hydrogens is 378 g/mol. The first-order valence-electron chi connectivity index (χ1n) is 9.86. The lowest BCUT2D eigenvalue weighted by Crippen LogP contribution is -2.72. The van der Waals surface area contributed by atoms with Crippen molar-refractivity contribution in [3.63, 3.8) is 0 Å². The van der Waals surface area contributed by atoms with Gasteiger partial charge in [-0.2, -0.15) is 0 Å². The summed E-state index contributed by atoms with van der Waals surface area (Å²) < 4.78 is 29.5. The number of carbonyl (C=O) groups is 2. The number of hydrogen-bond acceptors (Lipinski definition) is 7. The topological polar surface area (TPSA) is 83.5 Å². The van der Waals surface area contributed by atoms with E-state index in [1.165, 1.54) is 14.2 Å². The van der Waals surface area contributed by atoms with Gasteiger partial charge in [0.25, 0.3) is 0 Å². The Balaban J connectivity index is 2.00. The predicted octanol–water partition coefficient (Wildman–Crippen LogP) is 2.10. The molecule has 2 saturated heterocycles. The minimum atomic E-state index is -1.20. The highest BCUT2D eigenvalue weighted by Crippen LogP contribution is 2.56. The van der Waals surface area contributed by atoms with Crippen LogP contribution in [-0.4, -0.2) is 73.0 Å². The monoisotopic (exact) mass is 409 g/mol. The maximum absolute atomic E-state index is 13.0. The van der Waals surface area contributed by atoms with E-state index in [-0.39, 0.29) is 6.54 Å². The summed E-state index contributed by atoms with van der Waals surface area (Å²) in [4.78, 5) is 25.7. The molecule has 8 heteroatoms. The molecule has 0 aromatic heterocycles. The van der Waals surface area contributed by atoms with Gasteiger partial charge in [0, 0.05) is 14.2 Å². The Bertz CT molecular complexity index is 732. The molecule has 8 nitrogen and oxygen atoms in total. The Morgan fingerprint density at radius 3 is 2.21 bits per heavy atom. The molecule has 1 spiro atoms. The first kappa shape index (κ1) is 22.0. The standard InChI is InChI=1S/C21H31NO7/c1-18(2,3)29-17(24)22-13-15-16(14(9-8-12-23)21(22)10-11-21)28-20(5,26-7)19(4,25-6)27-15/h12,14-16H,10-11,13H2,1-7H3. The smallest absolute Gasteiger partial charge is 0.410 e. The van der Waals surface area contributed by atoms with Crippen LogP contribution in [0.4, 0.5) is 4.79 Å². The van der Waals surface area contributed by atoms with Crippen molar-refractivity contribution in [1.29, 1.82) is 0 Å². The minimum absolute atomic E-state index is 0.275. The van der Waals surface area contributed by atoms with Crippen LogP contribution in [0.3, 0.4) is 0 Å². The van der Waals surface area contributed by atoms with Crippen molar-refractivity contribution in [2.75, 3.05) is 20.8 Å². The van der Waals surface area contributed by atoms with E-state index >= 15 is 0 Å². The van der Waals surface area contributed by atoms with Gasteiger partial charge in [-0.3, -0.25) is 9.69 Å². The number of nitrogens with zero attached hydrogens (tertiary/aromatic N) is 1. The van der Waals surface area contributed by atoms with Crippen LogP contribution in [0.25, 0.3) is 0 Å². The number of methoxy groups -OCH3 is 2. The van der Waals surface area contributed by atoms with Crippen LogP contribution in [0, 0.1) is 17.8 Å². The molecule has 0 N–H and O–H groups in total. The fourth-order valence-corrected chi connectivity index (χ4v) is 4.25. The van der Waals surface area contributed by atoms with Crippen molar-refractivity contribution < 1.29 is 33.3 Å². The van der Waals surface area contributed by atoms with E-state index in [9.17, 15) is 9.59 Å². The fraction of sp³-hybridized carbons (Fsp3) is 0.810. The normalized spacial score (nSPS) is 37.9. The highest BCUT2D eigenvalue weighted by atomic mass is 16.8. The molecule has 2 aliphatic heterocycles. The number of aldehydes is 1. The zero-order chi connectivity index (χ0) is 21.7. The molecule has 0 aromatic rings. The van der Waals surface area contributed by atoms with Gasteiger partial charge in [-0.1, -0.05) is 5.92 Å². The van der Waals surface area contributed by atoms with Gasteiger partial charge in [0.15, 0.2) is 6.29 Å². The molecule has 1 amide bonds. The summed E-state index contributed by atoms with van der Waals surface area (Å²) in [5.74, 6) is 2.72. The number of amides is 1. The van der Waals surface area contributed by atoms with E-state index in [1.807, 2.05) is 20.8 Å². The van der Waals surface area contributed by atoms with Gasteiger partial charge in [-0.05, 0) is 53.4 Å². The summed E-state index contributed by atoms with van der Waals surface area (Å²) in [5, 5.41) is 0. The van der Waals surface area contributed by atoms with E-state index in [4.69, 9.17) is 23.7 Å². The number of ether oxygens (including phenoxy) is 5. The summed E-state index contributed by atoms with van der Waals surface area (Å²) >= 11 is 0. The van der Waals surface area contributed by atoms with Crippen LogP contribution in [0.1, 0.15) is 47.5 Å². The molecule has 1 aliphatic carbocycles. The molecule has 1 saturated carbocycles. The van der Waals surface area contributed by atoms with Gasteiger partial charge in [0.1, 0.15) is 17.8 Å². The minimum Gasteiger partial charge on any atom is -0.444 e. The Labute approximate surface area is 172 Å². The van der Waals surface area contributed by atoms with Crippen molar-refractivity contribution in [2.45, 2.75) is 82.4 Å². The molecular formula is C21H31NO7. The Hall–Kier alpha value is -1.66. The summed E-state index contributed by atoms with van der Waals surface area (Å²) in [7, 11) is 3.04. The maximum Gasteiger partial charge on any atom is 0.410 e. The zero-order valence-corrected chi connectivity index (χ0v) is 18.2. The van der Waals surface area contributed by atoms with Crippen LogP contribution in [0.5, 0.6) is 0 Å². The first-order valence-corrected chi connectivity index (χ1v) is 9.86. The molecule has 3 aliphatic rings. The molecule has 0 radical (unpaired) electrons. The number of fused-ring (bicyclic) bond motifs is 1. The largest absolute Gasteiger partial charge is 0.444 e. The van der Waals surface area contributed by atoms with Crippen LogP contribution in [0.2, 0.25) is 0 Å². The molecule has 5 atom stereocenters. The zero-order valence-electron chi connectivity index (χ0n) is 18.2. The van der Waals surface area contributed by atoms with E-state index in [0.717, 1.165) is 12.8 Å². The predicted molar refractivity (Wildman–Crippen MR) is 103 cm³/mol. The van der Waals surface area contributed by atoms with Gasteiger partial charge in [0.05, 0.1) is 18.0 Å². The number of likely N-dealkylation sites (tertiary alicyclic amines) is 1. The van der Waals surface area contributed by atoms with Crippen molar-refractivity contribution in [2.24, 2.45) is 5.92 Å². The van der Waals surface area contributed by atoms with Crippen LogP contribution < -0.4 is 0 Å². The molecule has 29 heavy (non-hydrogen) atoms. The second-order valence-corrected chi connectivity index (χ2v) is 9.12. The molecule has 0 bridgehead atoms. The van der Waals surface area contributed by atoms with E-state index in [2.05, 4.69) is 11.8 Å². The molecule has 0 aromatic carbocycles. The number of rotatable bonds is 2. The van der Waals surface area contributed by atoms with E-state index in [0.29, 0.717) is 6.29 Å². The highest BCUT2D eigenvalue weighted by Gasteiger charge is 2.68. The SMILES string of the molecule is COC1(C)OC2CN(C(=O)OC(C)(C)C)C3(CC3)C(C#CC=O)C2OC1(C)OC. The first-order chi connectivity index (χ1) is 13.5. The molecule has 162 valence electrons. The lowest BCUT2D eigenvalue weighted by molar-refractivity contribution is -0.456. The highest BCUT2D eigenvalue weighted by molar-refractivity contribution is 5.73. The molecule has 2 heterocycles. The third-order valence-electron chi connectivity index (χ3n) is 6.19. The number of piperidine rings is 1.